The molecule has 1 aromatic carbocycles. The van der Waals surface area contributed by atoms with Gasteiger partial charge in [-0.3, -0.25) is 4.90 Å². The van der Waals surface area contributed by atoms with Crippen LogP contribution in [0, 0.1) is 6.92 Å². The van der Waals surface area contributed by atoms with E-state index >= 15 is 0 Å². The summed E-state index contributed by atoms with van der Waals surface area (Å²) in [4.78, 5) is 17.3. The Labute approximate surface area is 139 Å². The highest BCUT2D eigenvalue weighted by Crippen LogP contribution is 2.28. The summed E-state index contributed by atoms with van der Waals surface area (Å²) in [5, 5.41) is 0. The zero-order chi connectivity index (χ0) is 15.6. The molecule has 4 nitrogen and oxygen atoms in total. The van der Waals surface area contributed by atoms with Crippen molar-refractivity contribution in [2.24, 2.45) is 0 Å². The largest absolute Gasteiger partial charge is 0.293 e. The van der Waals surface area contributed by atoms with E-state index in [4.69, 9.17) is 0 Å². The predicted octanol–water partition coefficient (Wildman–Crippen LogP) is 3.47. The van der Waals surface area contributed by atoms with Crippen molar-refractivity contribution < 1.29 is 0 Å². The van der Waals surface area contributed by atoms with Crippen LogP contribution in [0.2, 0.25) is 0 Å². The summed E-state index contributed by atoms with van der Waals surface area (Å²) < 4.78 is 0. The van der Waals surface area contributed by atoms with Gasteiger partial charge in [-0.1, -0.05) is 30.3 Å². The number of fused-ring (bicyclic) bond motifs is 1. The van der Waals surface area contributed by atoms with Crippen LogP contribution in [-0.4, -0.2) is 26.4 Å². The fraction of sp³-hybridized carbons (Fsp3) is 0.278. The highest BCUT2D eigenvalue weighted by atomic mass is 32.1. The molecule has 0 N–H and O–H groups in total. The quantitative estimate of drug-likeness (QED) is 0.740. The van der Waals surface area contributed by atoms with Gasteiger partial charge in [0.2, 0.25) is 0 Å². The van der Waals surface area contributed by atoms with E-state index in [1.165, 1.54) is 21.7 Å². The van der Waals surface area contributed by atoms with Gasteiger partial charge in [-0.2, -0.15) is 0 Å². The molecule has 0 spiro atoms. The first kappa shape index (κ1) is 14.5. The minimum absolute atomic E-state index is 0.867. The van der Waals surface area contributed by atoms with Gasteiger partial charge in [0.1, 0.15) is 5.82 Å². The molecule has 116 valence electrons. The number of thiazole rings is 1. The highest BCUT2D eigenvalue weighted by molar-refractivity contribution is 7.10. The molecular weight excluding hydrogens is 304 g/mol. The number of aryl methyl sites for hydroxylation is 1. The molecule has 4 rings (SSSR count). The zero-order valence-electron chi connectivity index (χ0n) is 13.1. The summed E-state index contributed by atoms with van der Waals surface area (Å²) in [5.74, 6) is 0.867. The molecule has 0 atom stereocenters. The molecule has 0 unspecified atom stereocenters. The Balaban J connectivity index is 1.54. The monoisotopic (exact) mass is 322 g/mol. The summed E-state index contributed by atoms with van der Waals surface area (Å²) in [6, 6.07) is 10.4. The van der Waals surface area contributed by atoms with E-state index < -0.39 is 0 Å². The Morgan fingerprint density at radius 3 is 2.91 bits per heavy atom. The first-order valence-electron chi connectivity index (χ1n) is 7.81. The lowest BCUT2D eigenvalue weighted by molar-refractivity contribution is 0.245. The van der Waals surface area contributed by atoms with Gasteiger partial charge in [-0.25, -0.2) is 15.0 Å². The number of hydrogen-bond acceptors (Lipinski definition) is 5. The van der Waals surface area contributed by atoms with Crippen LogP contribution < -0.4 is 0 Å². The van der Waals surface area contributed by atoms with Crippen molar-refractivity contribution in [2.75, 3.05) is 6.54 Å². The van der Waals surface area contributed by atoms with E-state index in [0.717, 1.165) is 37.6 Å². The second-order valence-corrected chi connectivity index (χ2v) is 6.78. The second-order valence-electron chi connectivity index (χ2n) is 5.84. The summed E-state index contributed by atoms with van der Waals surface area (Å²) >= 11 is 1.74. The Bertz CT molecular complexity index is 813. The van der Waals surface area contributed by atoms with Gasteiger partial charge in [0.25, 0.3) is 0 Å². The summed E-state index contributed by atoms with van der Waals surface area (Å²) in [7, 11) is 0. The lowest BCUT2D eigenvalue weighted by atomic mass is 10.1. The number of nitrogens with zero attached hydrogens (tertiary/aromatic N) is 4. The predicted molar refractivity (Wildman–Crippen MR) is 92.1 cm³/mol. The van der Waals surface area contributed by atoms with E-state index in [9.17, 15) is 0 Å². The third-order valence-electron chi connectivity index (χ3n) is 4.19. The van der Waals surface area contributed by atoms with Crippen molar-refractivity contribution >= 4 is 11.3 Å². The van der Waals surface area contributed by atoms with Crippen LogP contribution in [0.1, 0.15) is 22.0 Å². The van der Waals surface area contributed by atoms with Crippen LogP contribution in [0.15, 0.2) is 42.0 Å². The molecular formula is C18H18N4S. The maximum absolute atomic E-state index is 4.57. The lowest BCUT2D eigenvalue weighted by Crippen LogP contribution is -2.30. The van der Waals surface area contributed by atoms with E-state index in [-0.39, 0.29) is 0 Å². The van der Waals surface area contributed by atoms with Crippen molar-refractivity contribution in [3.8, 4) is 11.3 Å². The highest BCUT2D eigenvalue weighted by Gasteiger charge is 2.20. The normalized spacial score (nSPS) is 14.7. The van der Waals surface area contributed by atoms with Crippen LogP contribution in [0.5, 0.6) is 0 Å². The average molecular weight is 322 g/mol. The van der Waals surface area contributed by atoms with Crippen molar-refractivity contribution in [1.82, 2.24) is 19.9 Å². The van der Waals surface area contributed by atoms with Crippen molar-refractivity contribution in [2.45, 2.75) is 26.4 Å². The van der Waals surface area contributed by atoms with Crippen molar-refractivity contribution in [1.29, 1.82) is 0 Å². The van der Waals surface area contributed by atoms with Gasteiger partial charge in [0.15, 0.2) is 0 Å². The average Bonchev–Trinajstić information content (AvgIpc) is 3.04. The van der Waals surface area contributed by atoms with Gasteiger partial charge >= 0.3 is 0 Å². The summed E-state index contributed by atoms with van der Waals surface area (Å²) in [6.07, 6.45) is 2.98. The standard InChI is InChI=1S/C18H18N4S/c1-13-19-9-15-10-22(8-7-16(15)21-13)11-17-18(20-12-23-17)14-5-3-2-4-6-14/h2-6,9,12H,7-8,10-11H2,1H3. The van der Waals surface area contributed by atoms with Crippen molar-refractivity contribution in [3.05, 3.63) is 64.0 Å². The van der Waals surface area contributed by atoms with E-state index in [1.807, 2.05) is 24.7 Å². The zero-order valence-corrected chi connectivity index (χ0v) is 13.9. The Hall–Kier alpha value is -2.11. The molecule has 0 fully saturated rings. The Morgan fingerprint density at radius 1 is 1.17 bits per heavy atom. The molecule has 0 bridgehead atoms. The SMILES string of the molecule is Cc1ncc2c(n1)CCN(Cc1scnc1-c1ccccc1)C2. The molecule has 3 heterocycles. The number of aromatic nitrogens is 3. The van der Waals surface area contributed by atoms with Gasteiger partial charge in [-0.15, -0.1) is 11.3 Å². The minimum Gasteiger partial charge on any atom is -0.293 e. The van der Waals surface area contributed by atoms with Gasteiger partial charge in [0.05, 0.1) is 11.2 Å². The second kappa shape index (κ2) is 6.18. The first-order chi connectivity index (χ1) is 11.3. The maximum atomic E-state index is 4.57. The molecule has 1 aliphatic heterocycles. The van der Waals surface area contributed by atoms with E-state index in [0.29, 0.717) is 0 Å². The van der Waals surface area contributed by atoms with Crippen LogP contribution >= 0.6 is 11.3 Å². The van der Waals surface area contributed by atoms with Gasteiger partial charge in [0, 0.05) is 53.9 Å². The summed E-state index contributed by atoms with van der Waals surface area (Å²) in [6.45, 7) is 4.84. The van der Waals surface area contributed by atoms with Crippen LogP contribution in [-0.2, 0) is 19.5 Å². The molecule has 2 aromatic heterocycles. The maximum Gasteiger partial charge on any atom is 0.125 e. The van der Waals surface area contributed by atoms with E-state index in [1.54, 1.807) is 11.3 Å². The third-order valence-corrected chi connectivity index (χ3v) is 5.01. The molecule has 0 radical (unpaired) electrons. The lowest BCUT2D eigenvalue weighted by Gasteiger charge is -2.27. The number of rotatable bonds is 3. The molecule has 1 aliphatic rings. The summed E-state index contributed by atoms with van der Waals surface area (Å²) in [5.41, 5.74) is 6.72. The first-order valence-corrected chi connectivity index (χ1v) is 8.69. The third kappa shape index (κ3) is 3.02. The van der Waals surface area contributed by atoms with Crippen LogP contribution in [0.25, 0.3) is 11.3 Å². The molecule has 0 saturated heterocycles. The van der Waals surface area contributed by atoms with Crippen molar-refractivity contribution in [3.63, 3.8) is 0 Å². The molecule has 0 amide bonds. The Kier molecular flexibility index (Phi) is 3.89. The Morgan fingerprint density at radius 2 is 2.04 bits per heavy atom. The molecule has 5 heteroatoms. The fourth-order valence-electron chi connectivity index (χ4n) is 3.03. The van der Waals surface area contributed by atoms with E-state index in [2.05, 4.69) is 44.1 Å². The molecule has 0 aliphatic carbocycles. The number of benzene rings is 1. The van der Waals surface area contributed by atoms with Crippen LogP contribution in [0.3, 0.4) is 0 Å². The topological polar surface area (TPSA) is 41.9 Å². The smallest absolute Gasteiger partial charge is 0.125 e. The fourth-order valence-corrected chi connectivity index (χ4v) is 3.85. The molecule has 0 saturated carbocycles. The van der Waals surface area contributed by atoms with Gasteiger partial charge < -0.3 is 0 Å². The molecule has 3 aromatic rings. The van der Waals surface area contributed by atoms with Gasteiger partial charge in [-0.05, 0) is 6.92 Å². The molecule has 23 heavy (non-hydrogen) atoms. The number of hydrogen-bond donors (Lipinski definition) is 0. The van der Waals surface area contributed by atoms with Crippen LogP contribution in [0.4, 0.5) is 0 Å². The minimum atomic E-state index is 0.867.